The van der Waals surface area contributed by atoms with Crippen LogP contribution in [0.3, 0.4) is 0 Å². The monoisotopic (exact) mass is 398 g/mol. The molecule has 164 valence electrons. The molecular weight excluding hydrogens is 352 g/mol. The number of rotatable bonds is 6. The van der Waals surface area contributed by atoms with Crippen LogP contribution in [0.5, 0.6) is 0 Å². The molecule has 5 atom stereocenters. The van der Waals surface area contributed by atoms with Crippen LogP contribution in [0.1, 0.15) is 105 Å². The van der Waals surface area contributed by atoms with Gasteiger partial charge in [0.15, 0.2) is 0 Å². The van der Waals surface area contributed by atoms with Crippen LogP contribution < -0.4 is 0 Å². The van der Waals surface area contributed by atoms with Crippen LogP contribution in [0, 0.1) is 29.1 Å². The summed E-state index contributed by atoms with van der Waals surface area (Å²) in [6.07, 6.45) is 20.8. The first kappa shape index (κ1) is 22.9. The molecule has 1 nitrogen and oxygen atoms in total. The molecule has 3 saturated carbocycles. The molecule has 0 spiro atoms. The van der Waals surface area contributed by atoms with Crippen molar-refractivity contribution in [3.05, 3.63) is 34.9 Å². The van der Waals surface area contributed by atoms with Crippen molar-refractivity contribution in [1.29, 1.82) is 0 Å². The van der Waals surface area contributed by atoms with E-state index in [4.69, 9.17) is 0 Å². The van der Waals surface area contributed by atoms with Crippen molar-refractivity contribution in [1.82, 2.24) is 0 Å². The van der Waals surface area contributed by atoms with Gasteiger partial charge in [0.1, 0.15) is 0 Å². The van der Waals surface area contributed by atoms with E-state index in [9.17, 15) is 5.11 Å². The van der Waals surface area contributed by atoms with Gasteiger partial charge in [0.2, 0.25) is 0 Å². The van der Waals surface area contributed by atoms with E-state index in [2.05, 4.69) is 52.8 Å². The van der Waals surface area contributed by atoms with Crippen molar-refractivity contribution in [2.75, 3.05) is 0 Å². The summed E-state index contributed by atoms with van der Waals surface area (Å²) in [5, 5.41) is 10.1. The number of aliphatic hydroxyl groups excluding tert-OH is 1. The SMILES string of the molecule is C\C=C1/CC[C@H](O)C/C1=C/C=C1\CCC[C@]2(C)[C@@H]([C@H](C)CCCC(C)C)CC[C@@H]12. The van der Waals surface area contributed by atoms with Crippen molar-refractivity contribution in [3.8, 4) is 0 Å². The van der Waals surface area contributed by atoms with Crippen molar-refractivity contribution in [3.63, 3.8) is 0 Å². The molecule has 29 heavy (non-hydrogen) atoms. The fourth-order valence-corrected chi connectivity index (χ4v) is 6.95. The van der Waals surface area contributed by atoms with Crippen molar-refractivity contribution >= 4 is 0 Å². The molecular formula is C28H46O. The molecule has 0 aliphatic heterocycles. The summed E-state index contributed by atoms with van der Waals surface area (Å²) < 4.78 is 0. The van der Waals surface area contributed by atoms with Gasteiger partial charge in [-0.05, 0) is 98.5 Å². The third-order valence-electron chi connectivity index (χ3n) is 8.63. The number of aliphatic hydroxyl groups is 1. The van der Waals surface area contributed by atoms with Gasteiger partial charge in [0.05, 0.1) is 6.10 Å². The largest absolute Gasteiger partial charge is 0.393 e. The maximum atomic E-state index is 10.1. The van der Waals surface area contributed by atoms with Crippen LogP contribution in [0.15, 0.2) is 34.9 Å². The van der Waals surface area contributed by atoms with Crippen molar-refractivity contribution < 1.29 is 5.11 Å². The maximum absolute atomic E-state index is 10.1. The fourth-order valence-electron chi connectivity index (χ4n) is 6.95. The van der Waals surface area contributed by atoms with Gasteiger partial charge in [-0.1, -0.05) is 70.8 Å². The Labute approximate surface area is 180 Å². The quantitative estimate of drug-likeness (QED) is 0.480. The highest BCUT2D eigenvalue weighted by molar-refractivity contribution is 5.37. The van der Waals surface area contributed by atoms with E-state index in [1.165, 1.54) is 62.5 Å². The molecule has 0 amide bonds. The normalized spacial score (nSPS) is 38.2. The smallest absolute Gasteiger partial charge is 0.0583 e. The highest BCUT2D eigenvalue weighted by Gasteiger charge is 2.50. The lowest BCUT2D eigenvalue weighted by atomic mass is 9.60. The highest BCUT2D eigenvalue weighted by Crippen LogP contribution is 2.59. The molecule has 1 N–H and O–H groups in total. The lowest BCUT2D eigenvalue weighted by Crippen LogP contribution is -2.36. The summed E-state index contributed by atoms with van der Waals surface area (Å²) in [5.74, 6) is 3.39. The van der Waals surface area contributed by atoms with Gasteiger partial charge in [-0.25, -0.2) is 0 Å². The van der Waals surface area contributed by atoms with Crippen LogP contribution in [0.2, 0.25) is 0 Å². The summed E-state index contributed by atoms with van der Waals surface area (Å²) >= 11 is 0. The molecule has 0 saturated heterocycles. The Bertz CT molecular complexity index is 637. The third-order valence-corrected chi connectivity index (χ3v) is 8.63. The zero-order chi connectivity index (χ0) is 21.0. The molecule has 3 aliphatic carbocycles. The molecule has 0 aromatic heterocycles. The average molecular weight is 399 g/mol. The lowest BCUT2D eigenvalue weighted by Gasteiger charge is -2.44. The predicted molar refractivity (Wildman–Crippen MR) is 126 cm³/mol. The number of allylic oxidation sites excluding steroid dienone is 5. The standard InChI is InChI=1S/C28H46O/c1-6-22-14-15-25(29)19-24(22)13-12-23-11-8-18-28(5)26(16-17-27(23)28)21(4)10-7-9-20(2)3/h6,12-13,20-21,25-27,29H,7-11,14-19H2,1-5H3/b22-6+,23-12+,24-13-/t21-,25+,26-,27+,28-/m1/s1. The van der Waals surface area contributed by atoms with E-state index < -0.39 is 0 Å². The summed E-state index contributed by atoms with van der Waals surface area (Å²) in [4.78, 5) is 0. The van der Waals surface area contributed by atoms with E-state index >= 15 is 0 Å². The molecule has 3 fully saturated rings. The van der Waals surface area contributed by atoms with Crippen LogP contribution in [-0.2, 0) is 0 Å². The number of hydrogen-bond donors (Lipinski definition) is 1. The minimum atomic E-state index is -0.150. The molecule has 0 aromatic carbocycles. The summed E-state index contributed by atoms with van der Waals surface area (Å²) in [5.41, 5.74) is 5.05. The van der Waals surface area contributed by atoms with Gasteiger partial charge in [0, 0.05) is 0 Å². The third kappa shape index (κ3) is 5.27. The Morgan fingerprint density at radius 2 is 1.83 bits per heavy atom. The van der Waals surface area contributed by atoms with Gasteiger partial charge in [-0.3, -0.25) is 0 Å². The molecule has 0 heterocycles. The molecule has 3 aliphatic rings. The van der Waals surface area contributed by atoms with E-state index in [-0.39, 0.29) is 6.10 Å². The lowest BCUT2D eigenvalue weighted by molar-refractivity contribution is 0.0929. The second-order valence-electron chi connectivity index (χ2n) is 11.0. The Morgan fingerprint density at radius 3 is 2.55 bits per heavy atom. The first-order valence-corrected chi connectivity index (χ1v) is 12.6. The zero-order valence-electron chi connectivity index (χ0n) is 19.8. The van der Waals surface area contributed by atoms with Gasteiger partial charge in [-0.2, -0.15) is 0 Å². The minimum absolute atomic E-state index is 0.150. The first-order chi connectivity index (χ1) is 13.8. The Morgan fingerprint density at radius 1 is 1.03 bits per heavy atom. The number of hydrogen-bond acceptors (Lipinski definition) is 1. The highest BCUT2D eigenvalue weighted by atomic mass is 16.3. The first-order valence-electron chi connectivity index (χ1n) is 12.6. The van der Waals surface area contributed by atoms with Gasteiger partial charge >= 0.3 is 0 Å². The average Bonchev–Trinajstić information content (AvgIpc) is 3.03. The fraction of sp³-hybridized carbons (Fsp3) is 0.786. The Hall–Kier alpha value is -0.820. The second-order valence-corrected chi connectivity index (χ2v) is 11.0. The topological polar surface area (TPSA) is 20.2 Å². The Kier molecular flexibility index (Phi) is 7.87. The zero-order valence-corrected chi connectivity index (χ0v) is 19.8. The van der Waals surface area contributed by atoms with Gasteiger partial charge in [0.25, 0.3) is 0 Å². The Balaban J connectivity index is 1.72. The maximum Gasteiger partial charge on any atom is 0.0583 e. The second kappa shape index (κ2) is 9.99. The van der Waals surface area contributed by atoms with Crippen LogP contribution in [-0.4, -0.2) is 11.2 Å². The van der Waals surface area contributed by atoms with Crippen molar-refractivity contribution in [2.45, 2.75) is 111 Å². The molecule has 3 rings (SSSR count). The predicted octanol–water partition coefficient (Wildman–Crippen LogP) is 8.01. The van der Waals surface area contributed by atoms with Crippen LogP contribution >= 0.6 is 0 Å². The molecule has 0 bridgehead atoms. The summed E-state index contributed by atoms with van der Waals surface area (Å²) in [6.45, 7) is 12.0. The van der Waals surface area contributed by atoms with Crippen molar-refractivity contribution in [2.24, 2.45) is 29.1 Å². The molecule has 0 aromatic rings. The van der Waals surface area contributed by atoms with E-state index in [0.717, 1.165) is 42.9 Å². The van der Waals surface area contributed by atoms with E-state index in [0.29, 0.717) is 5.41 Å². The summed E-state index contributed by atoms with van der Waals surface area (Å²) in [6, 6.07) is 0. The van der Waals surface area contributed by atoms with Gasteiger partial charge < -0.3 is 5.11 Å². The number of fused-ring (bicyclic) bond motifs is 1. The molecule has 0 radical (unpaired) electrons. The van der Waals surface area contributed by atoms with Crippen LogP contribution in [0.4, 0.5) is 0 Å². The van der Waals surface area contributed by atoms with E-state index in [1.54, 1.807) is 5.57 Å². The molecule has 0 unspecified atom stereocenters. The minimum Gasteiger partial charge on any atom is -0.393 e. The molecule has 1 heteroatoms. The van der Waals surface area contributed by atoms with Crippen LogP contribution in [0.25, 0.3) is 0 Å². The van der Waals surface area contributed by atoms with Gasteiger partial charge in [-0.15, -0.1) is 0 Å². The summed E-state index contributed by atoms with van der Waals surface area (Å²) in [7, 11) is 0. The van der Waals surface area contributed by atoms with E-state index in [1.807, 2.05) is 0 Å².